The van der Waals surface area contributed by atoms with Crippen molar-refractivity contribution in [3.8, 4) is 5.69 Å². The quantitative estimate of drug-likeness (QED) is 0.416. The predicted octanol–water partition coefficient (Wildman–Crippen LogP) is -0.0294. The largest absolute Gasteiger partial charge is 0.368 e. The summed E-state index contributed by atoms with van der Waals surface area (Å²) in [5, 5.41) is 21.4. The molecule has 3 rings (SSSR count). The third-order valence-corrected chi connectivity index (χ3v) is 3.75. The van der Waals surface area contributed by atoms with Crippen molar-refractivity contribution in [3.05, 3.63) is 42.4 Å². The van der Waals surface area contributed by atoms with Crippen molar-refractivity contribution in [1.82, 2.24) is 30.2 Å². The van der Waals surface area contributed by atoms with Crippen molar-refractivity contribution in [2.45, 2.75) is 19.4 Å². The molecule has 6 N–H and O–H groups in total. The number of amides is 2. The first-order chi connectivity index (χ1) is 13.5. The molecule has 0 spiro atoms. The summed E-state index contributed by atoms with van der Waals surface area (Å²) in [6.07, 6.45) is 3.58. The van der Waals surface area contributed by atoms with Gasteiger partial charge in [0.25, 0.3) is 5.91 Å². The Labute approximate surface area is 159 Å². The summed E-state index contributed by atoms with van der Waals surface area (Å²) >= 11 is 0. The maximum absolute atomic E-state index is 11.6. The molecule has 0 saturated carbocycles. The number of hydrogen-bond acceptors (Lipinski definition) is 9. The third kappa shape index (κ3) is 4.17. The van der Waals surface area contributed by atoms with E-state index in [1.54, 1.807) is 43.6 Å². The van der Waals surface area contributed by atoms with Gasteiger partial charge >= 0.3 is 0 Å². The summed E-state index contributed by atoms with van der Waals surface area (Å²) in [6, 6.07) is 6.38. The van der Waals surface area contributed by atoms with Crippen LogP contribution in [0.1, 0.15) is 23.8 Å². The lowest BCUT2D eigenvalue weighted by molar-refractivity contribution is -0.118. The SMILES string of the molecule is CC[C@@H](Nc1nnc(C(N)=O)c(Nc2ccc(-n3nccn3)cc2)n1)C(N)=O. The number of anilines is 3. The second-order valence-electron chi connectivity index (χ2n) is 5.69. The fourth-order valence-corrected chi connectivity index (χ4v) is 2.33. The molecule has 0 bridgehead atoms. The Bertz CT molecular complexity index is 972. The monoisotopic (exact) mass is 382 g/mol. The van der Waals surface area contributed by atoms with Crippen molar-refractivity contribution in [3.63, 3.8) is 0 Å². The van der Waals surface area contributed by atoms with Crippen molar-refractivity contribution in [1.29, 1.82) is 0 Å². The molecule has 12 heteroatoms. The van der Waals surface area contributed by atoms with Crippen LogP contribution in [0, 0.1) is 0 Å². The summed E-state index contributed by atoms with van der Waals surface area (Å²) in [4.78, 5) is 28.7. The summed E-state index contributed by atoms with van der Waals surface area (Å²) in [6.45, 7) is 1.78. The van der Waals surface area contributed by atoms with Gasteiger partial charge in [-0.1, -0.05) is 6.92 Å². The van der Waals surface area contributed by atoms with Crippen LogP contribution in [0.4, 0.5) is 17.5 Å². The molecule has 0 fully saturated rings. The molecule has 0 unspecified atom stereocenters. The van der Waals surface area contributed by atoms with E-state index in [4.69, 9.17) is 11.5 Å². The van der Waals surface area contributed by atoms with Crippen LogP contribution in [0.2, 0.25) is 0 Å². The molecule has 0 aliphatic heterocycles. The molecule has 28 heavy (non-hydrogen) atoms. The summed E-state index contributed by atoms with van der Waals surface area (Å²) < 4.78 is 0. The molecule has 1 aromatic carbocycles. The molecule has 0 radical (unpaired) electrons. The summed E-state index contributed by atoms with van der Waals surface area (Å²) in [5.41, 5.74) is 11.9. The van der Waals surface area contributed by atoms with Crippen LogP contribution < -0.4 is 22.1 Å². The number of primary amides is 2. The van der Waals surface area contributed by atoms with E-state index in [1.807, 2.05) is 0 Å². The second kappa shape index (κ2) is 8.07. The number of carbonyl (C=O) groups is 2. The first kappa shape index (κ1) is 18.7. The van der Waals surface area contributed by atoms with E-state index in [0.717, 1.165) is 5.69 Å². The van der Waals surface area contributed by atoms with Crippen LogP contribution in [-0.4, -0.2) is 48.0 Å². The van der Waals surface area contributed by atoms with Gasteiger partial charge in [-0.2, -0.15) is 20.0 Å². The number of rotatable bonds is 8. The molecule has 0 aliphatic carbocycles. The highest BCUT2D eigenvalue weighted by Gasteiger charge is 2.18. The van der Waals surface area contributed by atoms with Gasteiger partial charge in [-0.15, -0.1) is 10.2 Å². The highest BCUT2D eigenvalue weighted by molar-refractivity contribution is 5.96. The highest BCUT2D eigenvalue weighted by atomic mass is 16.1. The van der Waals surface area contributed by atoms with Gasteiger partial charge in [0.05, 0.1) is 18.1 Å². The van der Waals surface area contributed by atoms with E-state index in [2.05, 4.69) is 36.0 Å². The molecule has 144 valence electrons. The zero-order valence-electron chi connectivity index (χ0n) is 14.9. The number of nitrogens with two attached hydrogens (primary N) is 2. The van der Waals surface area contributed by atoms with Crippen LogP contribution in [0.3, 0.4) is 0 Å². The maximum Gasteiger partial charge on any atom is 0.273 e. The normalized spacial score (nSPS) is 11.6. The molecule has 2 amide bonds. The molecule has 12 nitrogen and oxygen atoms in total. The molecule has 3 aromatic rings. The average Bonchev–Trinajstić information content (AvgIpc) is 3.21. The van der Waals surface area contributed by atoms with Gasteiger partial charge in [0.2, 0.25) is 11.9 Å². The third-order valence-electron chi connectivity index (χ3n) is 3.75. The van der Waals surface area contributed by atoms with E-state index in [-0.39, 0.29) is 17.5 Å². The van der Waals surface area contributed by atoms with E-state index < -0.39 is 17.9 Å². The Morgan fingerprint density at radius 3 is 2.36 bits per heavy atom. The number of nitrogens with one attached hydrogen (secondary N) is 2. The van der Waals surface area contributed by atoms with Gasteiger partial charge < -0.3 is 22.1 Å². The number of benzene rings is 1. The van der Waals surface area contributed by atoms with E-state index in [1.165, 1.54) is 4.80 Å². The van der Waals surface area contributed by atoms with Crippen molar-refractivity contribution in [2.24, 2.45) is 11.5 Å². The van der Waals surface area contributed by atoms with Crippen LogP contribution in [-0.2, 0) is 4.79 Å². The lowest BCUT2D eigenvalue weighted by atomic mass is 10.2. The molecular formula is C16H18N10O2. The Morgan fingerprint density at radius 1 is 1.11 bits per heavy atom. The van der Waals surface area contributed by atoms with E-state index in [0.29, 0.717) is 12.1 Å². The van der Waals surface area contributed by atoms with Crippen molar-refractivity contribution >= 4 is 29.3 Å². The first-order valence-corrected chi connectivity index (χ1v) is 8.32. The maximum atomic E-state index is 11.6. The minimum absolute atomic E-state index is 0.0375. The first-order valence-electron chi connectivity index (χ1n) is 8.32. The number of aromatic nitrogens is 6. The standard InChI is InChI=1S/C16H18N10O2/c1-2-11(13(17)27)22-16-23-15(12(14(18)28)24-25-16)21-9-3-5-10(6-4-9)26-19-7-8-20-26/h3-8,11H,2H2,1H3,(H2,17,27)(H2,18,28)(H2,21,22,23,25)/t11-/m1/s1. The lowest BCUT2D eigenvalue weighted by Gasteiger charge is -2.14. The van der Waals surface area contributed by atoms with Gasteiger partial charge in [0.15, 0.2) is 11.5 Å². The summed E-state index contributed by atoms with van der Waals surface area (Å²) in [7, 11) is 0. The molecule has 2 aromatic heterocycles. The van der Waals surface area contributed by atoms with Crippen LogP contribution in [0.15, 0.2) is 36.7 Å². The Hall–Kier alpha value is -4.09. The smallest absolute Gasteiger partial charge is 0.273 e. The number of carbonyl (C=O) groups excluding carboxylic acids is 2. The minimum atomic E-state index is -0.798. The number of nitrogens with zero attached hydrogens (tertiary/aromatic N) is 6. The molecule has 0 saturated heterocycles. The average molecular weight is 382 g/mol. The van der Waals surface area contributed by atoms with Crippen LogP contribution in [0.25, 0.3) is 5.69 Å². The zero-order valence-corrected chi connectivity index (χ0v) is 14.9. The summed E-state index contributed by atoms with van der Waals surface area (Å²) in [5.74, 6) is -1.22. The fourth-order valence-electron chi connectivity index (χ4n) is 2.33. The minimum Gasteiger partial charge on any atom is -0.368 e. The Kier molecular flexibility index (Phi) is 5.39. The van der Waals surface area contributed by atoms with E-state index in [9.17, 15) is 9.59 Å². The van der Waals surface area contributed by atoms with Crippen LogP contribution >= 0.6 is 0 Å². The van der Waals surface area contributed by atoms with Gasteiger partial charge in [0, 0.05) is 5.69 Å². The van der Waals surface area contributed by atoms with E-state index >= 15 is 0 Å². The lowest BCUT2D eigenvalue weighted by Crippen LogP contribution is -2.35. The van der Waals surface area contributed by atoms with Crippen LogP contribution in [0.5, 0.6) is 0 Å². The van der Waals surface area contributed by atoms with Crippen molar-refractivity contribution < 1.29 is 9.59 Å². The van der Waals surface area contributed by atoms with Gasteiger partial charge in [-0.3, -0.25) is 9.59 Å². The Balaban J connectivity index is 1.85. The van der Waals surface area contributed by atoms with Gasteiger partial charge in [-0.25, -0.2) is 0 Å². The zero-order chi connectivity index (χ0) is 20.1. The van der Waals surface area contributed by atoms with Gasteiger partial charge in [0.1, 0.15) is 6.04 Å². The highest BCUT2D eigenvalue weighted by Crippen LogP contribution is 2.20. The predicted molar refractivity (Wildman–Crippen MR) is 99.9 cm³/mol. The second-order valence-corrected chi connectivity index (χ2v) is 5.69. The van der Waals surface area contributed by atoms with Crippen molar-refractivity contribution in [2.75, 3.05) is 10.6 Å². The topological polar surface area (TPSA) is 180 Å². The molecule has 2 heterocycles. The molecular weight excluding hydrogens is 364 g/mol. The molecule has 1 atom stereocenters. The molecule has 0 aliphatic rings. The van der Waals surface area contributed by atoms with Gasteiger partial charge in [-0.05, 0) is 30.7 Å². The number of hydrogen-bond donors (Lipinski definition) is 4. The fraction of sp³-hybridized carbons (Fsp3) is 0.188. The Morgan fingerprint density at radius 2 is 1.79 bits per heavy atom.